The van der Waals surface area contributed by atoms with Crippen LogP contribution in [-0.4, -0.2) is 26.2 Å². The molecule has 1 rings (SSSR count). The lowest BCUT2D eigenvalue weighted by Crippen LogP contribution is -2.41. The smallest absolute Gasteiger partial charge is 0.304 e. The number of hydrogen-bond donors (Lipinski definition) is 2. The standard InChI is InChI=1S/C10H17N3O2/c1-10(2,11)7(4-9(14)15)8-5-12-6-13(8)3/h5-7H,4,11H2,1-3H3,(H,14,15). The van der Waals surface area contributed by atoms with Crippen LogP contribution in [0.25, 0.3) is 0 Å². The highest BCUT2D eigenvalue weighted by Crippen LogP contribution is 2.28. The Morgan fingerprint density at radius 2 is 2.33 bits per heavy atom. The van der Waals surface area contributed by atoms with Crippen molar-refractivity contribution in [2.75, 3.05) is 0 Å². The van der Waals surface area contributed by atoms with Crippen molar-refractivity contribution in [1.29, 1.82) is 0 Å². The molecule has 3 N–H and O–H groups in total. The number of rotatable bonds is 4. The Morgan fingerprint density at radius 3 is 2.67 bits per heavy atom. The van der Waals surface area contributed by atoms with E-state index in [9.17, 15) is 4.79 Å². The van der Waals surface area contributed by atoms with Crippen LogP contribution in [-0.2, 0) is 11.8 Å². The molecule has 0 amide bonds. The molecule has 0 aliphatic rings. The van der Waals surface area contributed by atoms with Crippen LogP contribution in [0, 0.1) is 0 Å². The molecule has 0 fully saturated rings. The fourth-order valence-corrected chi connectivity index (χ4v) is 1.63. The Labute approximate surface area is 88.9 Å². The second-order valence-corrected chi connectivity index (χ2v) is 4.40. The van der Waals surface area contributed by atoms with Crippen molar-refractivity contribution in [2.45, 2.75) is 31.7 Å². The molecule has 1 unspecified atom stereocenters. The van der Waals surface area contributed by atoms with E-state index < -0.39 is 11.5 Å². The quantitative estimate of drug-likeness (QED) is 0.768. The Morgan fingerprint density at radius 1 is 1.73 bits per heavy atom. The number of aliphatic carboxylic acids is 1. The molecule has 5 nitrogen and oxygen atoms in total. The fourth-order valence-electron chi connectivity index (χ4n) is 1.63. The zero-order valence-electron chi connectivity index (χ0n) is 9.27. The van der Waals surface area contributed by atoms with Crippen LogP contribution in [0.1, 0.15) is 31.9 Å². The summed E-state index contributed by atoms with van der Waals surface area (Å²) in [5, 5.41) is 8.85. The van der Waals surface area contributed by atoms with Crippen LogP contribution in [0.15, 0.2) is 12.5 Å². The molecule has 1 aromatic rings. The summed E-state index contributed by atoms with van der Waals surface area (Å²) in [6, 6.07) is 0. The summed E-state index contributed by atoms with van der Waals surface area (Å²) in [5.41, 5.74) is 6.26. The summed E-state index contributed by atoms with van der Waals surface area (Å²) in [6.45, 7) is 3.65. The van der Waals surface area contributed by atoms with E-state index >= 15 is 0 Å². The third kappa shape index (κ3) is 2.79. The SMILES string of the molecule is Cn1cncc1C(CC(=O)O)C(C)(C)N. The first kappa shape index (κ1) is 11.7. The number of nitrogens with zero attached hydrogens (tertiary/aromatic N) is 2. The molecule has 0 aromatic carbocycles. The van der Waals surface area contributed by atoms with Gasteiger partial charge in [0.2, 0.25) is 0 Å². The lowest BCUT2D eigenvalue weighted by molar-refractivity contribution is -0.137. The number of hydrogen-bond acceptors (Lipinski definition) is 3. The van der Waals surface area contributed by atoms with Crippen LogP contribution in [0.4, 0.5) is 0 Å². The highest BCUT2D eigenvalue weighted by molar-refractivity contribution is 5.68. The third-order valence-electron chi connectivity index (χ3n) is 2.49. The highest BCUT2D eigenvalue weighted by Gasteiger charge is 2.30. The lowest BCUT2D eigenvalue weighted by Gasteiger charge is -2.29. The number of carbonyl (C=O) groups is 1. The number of nitrogens with two attached hydrogens (primary N) is 1. The van der Waals surface area contributed by atoms with E-state index in [2.05, 4.69) is 4.98 Å². The maximum absolute atomic E-state index is 10.8. The van der Waals surface area contributed by atoms with Gasteiger partial charge in [0, 0.05) is 30.4 Å². The molecule has 0 bridgehead atoms. The molecule has 0 aliphatic heterocycles. The molecule has 0 saturated heterocycles. The average molecular weight is 211 g/mol. The van der Waals surface area contributed by atoms with Crippen LogP contribution in [0.3, 0.4) is 0 Å². The van der Waals surface area contributed by atoms with Gasteiger partial charge in [-0.05, 0) is 13.8 Å². The minimum Gasteiger partial charge on any atom is -0.481 e. The first-order valence-corrected chi connectivity index (χ1v) is 4.79. The Kier molecular flexibility index (Phi) is 3.14. The van der Waals surface area contributed by atoms with E-state index in [1.807, 2.05) is 25.5 Å². The zero-order chi connectivity index (χ0) is 11.6. The minimum absolute atomic E-state index is 0.0169. The van der Waals surface area contributed by atoms with E-state index in [4.69, 9.17) is 10.8 Å². The number of imidazole rings is 1. The van der Waals surface area contributed by atoms with Crippen molar-refractivity contribution in [1.82, 2.24) is 9.55 Å². The van der Waals surface area contributed by atoms with Crippen molar-refractivity contribution < 1.29 is 9.90 Å². The van der Waals surface area contributed by atoms with E-state index in [1.165, 1.54) is 0 Å². The van der Waals surface area contributed by atoms with Gasteiger partial charge in [-0.25, -0.2) is 4.98 Å². The average Bonchev–Trinajstić information content (AvgIpc) is 2.45. The van der Waals surface area contributed by atoms with Gasteiger partial charge >= 0.3 is 5.97 Å². The normalized spacial score (nSPS) is 13.9. The number of carboxylic acid groups (broad SMARTS) is 1. The maximum atomic E-state index is 10.8. The molecular formula is C10H17N3O2. The van der Waals surface area contributed by atoms with Crippen LogP contribution >= 0.6 is 0 Å². The molecule has 0 radical (unpaired) electrons. The summed E-state index contributed by atoms with van der Waals surface area (Å²) in [6.07, 6.45) is 3.33. The largest absolute Gasteiger partial charge is 0.481 e. The molecule has 5 heteroatoms. The summed E-state index contributed by atoms with van der Waals surface area (Å²) >= 11 is 0. The molecule has 15 heavy (non-hydrogen) atoms. The maximum Gasteiger partial charge on any atom is 0.304 e. The first-order chi connectivity index (χ1) is 6.82. The van der Waals surface area contributed by atoms with Crippen molar-refractivity contribution in [3.05, 3.63) is 18.2 Å². The second-order valence-electron chi connectivity index (χ2n) is 4.40. The summed E-state index contributed by atoms with van der Waals surface area (Å²) in [5.74, 6) is -1.08. The van der Waals surface area contributed by atoms with E-state index in [0.717, 1.165) is 5.69 Å². The second kappa shape index (κ2) is 4.02. The van der Waals surface area contributed by atoms with Crippen molar-refractivity contribution in [2.24, 2.45) is 12.8 Å². The predicted octanol–water partition coefficient (Wildman–Crippen LogP) is 0.716. The van der Waals surface area contributed by atoms with Crippen LogP contribution < -0.4 is 5.73 Å². The minimum atomic E-state index is -0.847. The van der Waals surface area contributed by atoms with Gasteiger partial charge in [0.1, 0.15) is 0 Å². The van der Waals surface area contributed by atoms with Gasteiger partial charge in [0.05, 0.1) is 12.7 Å². The molecule has 1 aromatic heterocycles. The molecular weight excluding hydrogens is 194 g/mol. The Hall–Kier alpha value is -1.36. The van der Waals surface area contributed by atoms with Crippen LogP contribution in [0.5, 0.6) is 0 Å². The first-order valence-electron chi connectivity index (χ1n) is 4.79. The molecule has 1 heterocycles. The highest BCUT2D eigenvalue weighted by atomic mass is 16.4. The van der Waals surface area contributed by atoms with Gasteiger partial charge in [0.25, 0.3) is 0 Å². The third-order valence-corrected chi connectivity index (χ3v) is 2.49. The van der Waals surface area contributed by atoms with Gasteiger partial charge < -0.3 is 15.4 Å². The van der Waals surface area contributed by atoms with Gasteiger partial charge in [-0.3, -0.25) is 4.79 Å². The Balaban J connectivity index is 3.02. The van der Waals surface area contributed by atoms with E-state index in [-0.39, 0.29) is 12.3 Å². The monoisotopic (exact) mass is 211 g/mol. The number of aromatic nitrogens is 2. The molecule has 0 spiro atoms. The van der Waals surface area contributed by atoms with Gasteiger partial charge in [-0.1, -0.05) is 0 Å². The van der Waals surface area contributed by atoms with E-state index in [1.54, 1.807) is 12.5 Å². The van der Waals surface area contributed by atoms with Crippen molar-refractivity contribution in [3.8, 4) is 0 Å². The molecule has 0 saturated carbocycles. The summed E-state index contributed by atoms with van der Waals surface area (Å²) in [7, 11) is 1.84. The van der Waals surface area contributed by atoms with Crippen molar-refractivity contribution in [3.63, 3.8) is 0 Å². The van der Waals surface area contributed by atoms with Gasteiger partial charge in [-0.15, -0.1) is 0 Å². The van der Waals surface area contributed by atoms with Crippen LogP contribution in [0.2, 0.25) is 0 Å². The topological polar surface area (TPSA) is 81.1 Å². The summed E-state index contributed by atoms with van der Waals surface area (Å²) < 4.78 is 1.81. The van der Waals surface area contributed by atoms with E-state index in [0.29, 0.717) is 0 Å². The molecule has 84 valence electrons. The fraction of sp³-hybridized carbons (Fsp3) is 0.600. The van der Waals surface area contributed by atoms with Crippen molar-refractivity contribution >= 4 is 5.97 Å². The van der Waals surface area contributed by atoms with Gasteiger partial charge in [0.15, 0.2) is 0 Å². The zero-order valence-corrected chi connectivity index (χ0v) is 9.27. The van der Waals surface area contributed by atoms with Gasteiger partial charge in [-0.2, -0.15) is 0 Å². The summed E-state index contributed by atoms with van der Waals surface area (Å²) in [4.78, 5) is 14.8. The Bertz CT molecular complexity index is 352. The molecule has 1 atom stereocenters. The predicted molar refractivity (Wildman–Crippen MR) is 56.5 cm³/mol. The number of aryl methyl sites for hydroxylation is 1. The molecule has 0 aliphatic carbocycles. The number of carboxylic acids is 1. The lowest BCUT2D eigenvalue weighted by atomic mass is 9.83.